The monoisotopic (exact) mass is 414 g/mol. The summed E-state index contributed by atoms with van der Waals surface area (Å²) in [5.74, 6) is 1.00. The van der Waals surface area contributed by atoms with Crippen molar-refractivity contribution in [2.24, 2.45) is 0 Å². The lowest BCUT2D eigenvalue weighted by molar-refractivity contribution is -0.00000498. The molecule has 0 spiro atoms. The van der Waals surface area contributed by atoms with Crippen molar-refractivity contribution in [3.05, 3.63) is 57.5 Å². The standard InChI is InChI=1S/C15H8Br2O2.ClH/c16-11-7-10-3-6-14(19-15(10)13(17)8-11)9-1-4-12(18)5-2-9;/h1-8H;1H. The summed E-state index contributed by atoms with van der Waals surface area (Å²) in [5, 5.41) is 10.3. The van der Waals surface area contributed by atoms with Gasteiger partial charge in [0.05, 0.1) is 10.9 Å². The van der Waals surface area contributed by atoms with Gasteiger partial charge in [-0.25, -0.2) is 4.42 Å². The zero-order chi connectivity index (χ0) is 13.4. The molecular weight excluding hydrogens is 407 g/mol. The molecule has 0 amide bonds. The molecule has 1 N–H and O–H groups in total. The molecule has 0 saturated heterocycles. The van der Waals surface area contributed by atoms with Crippen LogP contribution in [0.4, 0.5) is 0 Å². The number of hydrogen-bond donors (Lipinski definition) is 1. The first kappa shape index (κ1) is 15.3. The summed E-state index contributed by atoms with van der Waals surface area (Å²) in [7, 11) is 0. The highest BCUT2D eigenvalue weighted by atomic mass is 79.9. The van der Waals surface area contributed by atoms with Crippen LogP contribution in [0.1, 0.15) is 0 Å². The van der Waals surface area contributed by atoms with E-state index in [2.05, 4.69) is 31.9 Å². The fourth-order valence-corrected chi connectivity index (χ4v) is 3.24. The first-order chi connectivity index (χ1) is 9.13. The fraction of sp³-hybridized carbons (Fsp3) is 0. The second kappa shape index (κ2) is 6.12. The minimum absolute atomic E-state index is 0. The Bertz CT molecular complexity index is 758. The zero-order valence-electron chi connectivity index (χ0n) is 10.1. The quantitative estimate of drug-likeness (QED) is 0.619. The maximum atomic E-state index is 9.31. The number of aromatic hydroxyl groups is 1. The normalized spacial score (nSPS) is 10.3. The Morgan fingerprint density at radius 3 is 2.30 bits per heavy atom. The lowest BCUT2D eigenvalue weighted by Gasteiger charge is -1.96. The van der Waals surface area contributed by atoms with Crippen LogP contribution in [0.2, 0.25) is 0 Å². The Morgan fingerprint density at radius 1 is 0.900 bits per heavy atom. The van der Waals surface area contributed by atoms with E-state index in [1.165, 1.54) is 0 Å². The molecule has 0 aliphatic heterocycles. The maximum Gasteiger partial charge on any atom is 0.374 e. The molecule has 0 aliphatic rings. The molecule has 0 bridgehead atoms. The van der Waals surface area contributed by atoms with Crippen molar-refractivity contribution in [3.8, 4) is 17.1 Å². The summed E-state index contributed by atoms with van der Waals surface area (Å²) in [5.41, 5.74) is 1.73. The SMILES string of the molecule is Oc1ccc(-c2ccc3cc(Br)cc(Br)c3[o+]2)cc1.[Cl-]. The molecule has 1 heterocycles. The molecule has 3 rings (SSSR count). The molecule has 2 aromatic carbocycles. The van der Waals surface area contributed by atoms with Gasteiger partial charge < -0.3 is 17.5 Å². The van der Waals surface area contributed by atoms with Gasteiger partial charge in [-0.15, -0.1) is 0 Å². The molecular formula is C15H9Br2ClO2. The number of hydrogen-bond acceptors (Lipinski definition) is 1. The number of rotatable bonds is 1. The van der Waals surface area contributed by atoms with Crippen LogP contribution in [0.15, 0.2) is 61.9 Å². The molecule has 2 nitrogen and oxygen atoms in total. The van der Waals surface area contributed by atoms with Gasteiger partial charge in [0, 0.05) is 10.5 Å². The van der Waals surface area contributed by atoms with Crippen molar-refractivity contribution in [3.63, 3.8) is 0 Å². The van der Waals surface area contributed by atoms with Gasteiger partial charge in [0.25, 0.3) is 0 Å². The maximum absolute atomic E-state index is 9.31. The predicted octanol–water partition coefficient (Wildman–Crippen LogP) is 2.62. The third kappa shape index (κ3) is 2.97. The molecule has 5 heteroatoms. The van der Waals surface area contributed by atoms with Crippen molar-refractivity contribution >= 4 is 42.8 Å². The third-order valence-corrected chi connectivity index (χ3v) is 3.86. The van der Waals surface area contributed by atoms with E-state index >= 15 is 0 Å². The van der Waals surface area contributed by atoms with Gasteiger partial charge in [0.2, 0.25) is 0 Å². The summed E-state index contributed by atoms with van der Waals surface area (Å²) in [6, 6.07) is 14.8. The van der Waals surface area contributed by atoms with E-state index in [1.54, 1.807) is 12.1 Å². The van der Waals surface area contributed by atoms with Crippen molar-refractivity contribution in [1.29, 1.82) is 0 Å². The highest BCUT2D eigenvalue weighted by Crippen LogP contribution is 2.32. The van der Waals surface area contributed by atoms with Gasteiger partial charge >= 0.3 is 11.3 Å². The van der Waals surface area contributed by atoms with E-state index in [4.69, 9.17) is 4.42 Å². The number of phenolic OH excluding ortho intramolecular Hbond substituents is 1. The van der Waals surface area contributed by atoms with E-state index < -0.39 is 0 Å². The Morgan fingerprint density at radius 2 is 1.60 bits per heavy atom. The van der Waals surface area contributed by atoms with Crippen LogP contribution in [-0.2, 0) is 0 Å². The molecule has 0 aliphatic carbocycles. The number of halogens is 3. The van der Waals surface area contributed by atoms with Gasteiger partial charge in [-0.05, 0) is 58.4 Å². The average molecular weight is 416 g/mol. The second-order valence-corrected chi connectivity index (χ2v) is 5.92. The molecule has 102 valence electrons. The largest absolute Gasteiger partial charge is 1.00 e. The Balaban J connectivity index is 0.00000147. The molecule has 3 aromatic rings. The molecule has 0 atom stereocenters. The molecule has 20 heavy (non-hydrogen) atoms. The first-order valence-corrected chi connectivity index (χ1v) is 7.23. The minimum atomic E-state index is 0. The number of phenols is 1. The third-order valence-electron chi connectivity index (χ3n) is 2.82. The highest BCUT2D eigenvalue weighted by Gasteiger charge is 2.17. The lowest BCUT2D eigenvalue weighted by atomic mass is 10.1. The Hall–Kier alpha value is -1.10. The topological polar surface area (TPSA) is 31.5 Å². The zero-order valence-corrected chi connectivity index (χ0v) is 14.0. The summed E-state index contributed by atoms with van der Waals surface area (Å²) in [6.07, 6.45) is 0. The number of fused-ring (bicyclic) bond motifs is 1. The average Bonchev–Trinajstić information content (AvgIpc) is 2.39. The molecule has 0 unspecified atom stereocenters. The molecule has 0 saturated carbocycles. The second-order valence-electron chi connectivity index (χ2n) is 4.15. The van der Waals surface area contributed by atoms with Crippen LogP contribution in [-0.4, -0.2) is 5.11 Å². The van der Waals surface area contributed by atoms with Gasteiger partial charge in [-0.3, -0.25) is 0 Å². The van der Waals surface area contributed by atoms with Crippen LogP contribution in [0, 0.1) is 0 Å². The van der Waals surface area contributed by atoms with Crippen molar-refractivity contribution < 1.29 is 21.9 Å². The van der Waals surface area contributed by atoms with E-state index in [9.17, 15) is 5.11 Å². The van der Waals surface area contributed by atoms with E-state index in [1.807, 2.05) is 36.4 Å². The smallest absolute Gasteiger partial charge is 0.374 e. The first-order valence-electron chi connectivity index (χ1n) is 5.65. The lowest BCUT2D eigenvalue weighted by Crippen LogP contribution is -3.00. The van der Waals surface area contributed by atoms with Gasteiger partial charge in [-0.1, -0.05) is 15.9 Å². The van der Waals surface area contributed by atoms with Gasteiger partial charge in [0.1, 0.15) is 10.2 Å². The highest BCUT2D eigenvalue weighted by molar-refractivity contribution is 9.11. The van der Waals surface area contributed by atoms with Crippen LogP contribution < -0.4 is 12.4 Å². The van der Waals surface area contributed by atoms with Crippen molar-refractivity contribution in [1.82, 2.24) is 0 Å². The molecule has 0 fully saturated rings. The summed E-state index contributed by atoms with van der Waals surface area (Å²) in [4.78, 5) is 0. The van der Waals surface area contributed by atoms with Crippen LogP contribution >= 0.6 is 31.9 Å². The summed E-state index contributed by atoms with van der Waals surface area (Å²) >= 11 is 6.96. The summed E-state index contributed by atoms with van der Waals surface area (Å²) in [6.45, 7) is 0. The van der Waals surface area contributed by atoms with Gasteiger partial charge in [0.15, 0.2) is 0 Å². The van der Waals surface area contributed by atoms with Gasteiger partial charge in [-0.2, -0.15) is 0 Å². The predicted molar refractivity (Wildman–Crippen MR) is 83.1 cm³/mol. The van der Waals surface area contributed by atoms with E-state index in [0.717, 1.165) is 31.2 Å². The van der Waals surface area contributed by atoms with Crippen LogP contribution in [0.5, 0.6) is 5.75 Å². The fourth-order valence-electron chi connectivity index (χ4n) is 1.90. The molecule has 0 radical (unpaired) electrons. The van der Waals surface area contributed by atoms with Crippen molar-refractivity contribution in [2.75, 3.05) is 0 Å². The molecule has 1 aromatic heterocycles. The number of benzene rings is 2. The van der Waals surface area contributed by atoms with Crippen LogP contribution in [0.3, 0.4) is 0 Å². The van der Waals surface area contributed by atoms with Crippen molar-refractivity contribution in [2.45, 2.75) is 0 Å². The Labute approximate surface area is 139 Å². The summed E-state index contributed by atoms with van der Waals surface area (Å²) < 4.78 is 7.82. The van der Waals surface area contributed by atoms with E-state index in [-0.39, 0.29) is 18.2 Å². The van der Waals surface area contributed by atoms with Crippen LogP contribution in [0.25, 0.3) is 22.3 Å². The van der Waals surface area contributed by atoms with E-state index in [0.29, 0.717) is 0 Å². The Kier molecular flexibility index (Phi) is 4.68. The minimum Gasteiger partial charge on any atom is -1.00 e.